The Hall–Kier alpha value is -1.50. The van der Waals surface area contributed by atoms with Gasteiger partial charge in [0.05, 0.1) is 0 Å². The van der Waals surface area contributed by atoms with Crippen molar-refractivity contribution in [1.82, 2.24) is 31.1 Å². The summed E-state index contributed by atoms with van der Waals surface area (Å²) in [6.45, 7) is 2.17. The van der Waals surface area contributed by atoms with E-state index in [0.717, 1.165) is 0 Å². The quantitative estimate of drug-likeness (QED) is 0.129. The summed E-state index contributed by atoms with van der Waals surface area (Å²) in [5.41, 5.74) is 0. The van der Waals surface area contributed by atoms with Crippen molar-refractivity contribution in [2.24, 2.45) is 0 Å². The minimum Gasteiger partial charge on any atom is -0.353 e. The van der Waals surface area contributed by atoms with Gasteiger partial charge in [-0.1, -0.05) is 0 Å². The Bertz CT molecular complexity index is 502. The Morgan fingerprint density at radius 1 is 0.724 bits per heavy atom. The molecule has 168 valence electrons. The predicted octanol–water partition coefficient (Wildman–Crippen LogP) is -2.44. The Morgan fingerprint density at radius 2 is 1.07 bits per heavy atom. The average Bonchev–Trinajstić information content (AvgIpc) is 2.63. The molecule has 0 aliphatic carbocycles. The van der Waals surface area contributed by atoms with E-state index in [1.165, 1.54) is 0 Å². The minimum absolute atomic E-state index is 0.0920. The second-order valence-corrected chi connectivity index (χ2v) is 7.70. The largest absolute Gasteiger partial charge is 0.353 e. The molecule has 12 heteroatoms. The summed E-state index contributed by atoms with van der Waals surface area (Å²) >= 11 is 8.15. The van der Waals surface area contributed by atoms with Crippen LogP contribution in [0.4, 0.5) is 0 Å². The summed E-state index contributed by atoms with van der Waals surface area (Å²) in [5, 5.41) is 10.3. The fourth-order valence-electron chi connectivity index (χ4n) is 2.08. The summed E-state index contributed by atoms with van der Waals surface area (Å²) in [6, 6.07) is -1.70. The Balaban J connectivity index is 4.45. The first-order valence-electron chi connectivity index (χ1n) is 9.26. The van der Waals surface area contributed by atoms with Gasteiger partial charge in [-0.15, -0.1) is 0 Å². The van der Waals surface area contributed by atoms with Crippen LogP contribution in [0.5, 0.6) is 0 Å². The molecule has 0 rings (SSSR count). The smallest absolute Gasteiger partial charge is 0.243 e. The number of nitrogens with one attached hydrogen (secondary N) is 4. The highest BCUT2D eigenvalue weighted by atomic mass is 32.1. The molecule has 0 saturated heterocycles. The Morgan fingerprint density at radius 3 is 1.34 bits per heavy atom. The van der Waals surface area contributed by atoms with Gasteiger partial charge in [-0.05, 0) is 28.2 Å². The zero-order valence-corrected chi connectivity index (χ0v) is 19.3. The third kappa shape index (κ3) is 13.4. The Kier molecular flexibility index (Phi) is 14.6. The molecule has 0 saturated carbocycles. The monoisotopic (exact) mass is 450 g/mol. The number of nitrogens with zero attached hydrogens (tertiary/aromatic N) is 2. The van der Waals surface area contributed by atoms with Crippen molar-refractivity contribution >= 4 is 48.9 Å². The molecule has 0 aromatic rings. The zero-order valence-electron chi connectivity index (χ0n) is 17.5. The normalized spacial score (nSPS) is 13.0. The molecule has 4 amide bonds. The maximum absolute atomic E-state index is 12.1. The van der Waals surface area contributed by atoms with E-state index in [0.29, 0.717) is 26.2 Å². The first kappa shape index (κ1) is 27.5. The number of amides is 4. The first-order valence-corrected chi connectivity index (χ1v) is 10.5. The molecule has 0 fully saturated rings. The number of likely N-dealkylation sites (N-methyl/N-ethyl adjacent to an activating group) is 2. The molecule has 10 nitrogen and oxygen atoms in total. The van der Waals surface area contributed by atoms with Gasteiger partial charge in [-0.25, -0.2) is 0 Å². The number of carbonyl (C=O) groups is 4. The molecule has 2 atom stereocenters. The summed E-state index contributed by atoms with van der Waals surface area (Å²) in [4.78, 5) is 52.1. The lowest BCUT2D eigenvalue weighted by atomic mass is 10.2. The second kappa shape index (κ2) is 15.4. The van der Waals surface area contributed by atoms with Crippen molar-refractivity contribution in [3.8, 4) is 0 Å². The molecule has 0 radical (unpaired) electrons. The number of carbonyl (C=O) groups excluding carboxylic acids is 4. The highest BCUT2D eigenvalue weighted by molar-refractivity contribution is 7.80. The van der Waals surface area contributed by atoms with E-state index in [9.17, 15) is 19.2 Å². The molecule has 0 aromatic heterocycles. The van der Waals surface area contributed by atoms with E-state index in [-0.39, 0.29) is 23.3 Å². The van der Waals surface area contributed by atoms with Crippen LogP contribution >= 0.6 is 25.3 Å². The van der Waals surface area contributed by atoms with Gasteiger partial charge in [-0.3, -0.25) is 19.2 Å². The molecular formula is C17H34N6O4S2. The molecule has 4 N–H and O–H groups in total. The second-order valence-electron chi connectivity index (χ2n) is 6.97. The lowest BCUT2D eigenvalue weighted by molar-refractivity contribution is -0.134. The lowest BCUT2D eigenvalue weighted by Crippen LogP contribution is -2.52. The third-order valence-corrected chi connectivity index (χ3v) is 4.44. The van der Waals surface area contributed by atoms with Gasteiger partial charge in [0.15, 0.2) is 0 Å². The standard InChI is InChI=1S/C17H34N6O4S2/c1-22(2)7-5-18-16(26)12(10-28)20-14(24)9-15(25)21-13(11-29)17(27)19-6-8-23(3)4/h12-13,28-29H,5-11H2,1-4H3,(H,18,26)(H,19,27)(H,20,24)(H,21,25). The molecular weight excluding hydrogens is 416 g/mol. The maximum Gasteiger partial charge on any atom is 0.243 e. The van der Waals surface area contributed by atoms with Gasteiger partial charge in [0.2, 0.25) is 23.6 Å². The highest BCUT2D eigenvalue weighted by Gasteiger charge is 2.23. The molecule has 0 spiro atoms. The van der Waals surface area contributed by atoms with Crippen LogP contribution in [0.1, 0.15) is 6.42 Å². The van der Waals surface area contributed by atoms with Crippen LogP contribution in [0.25, 0.3) is 0 Å². The zero-order chi connectivity index (χ0) is 22.4. The molecule has 0 heterocycles. The van der Waals surface area contributed by atoms with Crippen molar-refractivity contribution in [3.63, 3.8) is 0 Å². The molecule has 0 aliphatic rings. The number of hydrogen-bond acceptors (Lipinski definition) is 8. The first-order chi connectivity index (χ1) is 13.6. The molecule has 0 aliphatic heterocycles. The Labute approximate surface area is 183 Å². The summed E-state index contributed by atoms with van der Waals surface area (Å²) in [6.07, 6.45) is -0.509. The number of thiol groups is 2. The summed E-state index contributed by atoms with van der Waals surface area (Å²) in [7, 11) is 7.51. The van der Waals surface area contributed by atoms with Crippen molar-refractivity contribution in [3.05, 3.63) is 0 Å². The maximum atomic E-state index is 12.1. The highest BCUT2D eigenvalue weighted by Crippen LogP contribution is 1.94. The summed E-state index contributed by atoms with van der Waals surface area (Å²) in [5.74, 6) is -1.82. The van der Waals surface area contributed by atoms with Crippen LogP contribution in [-0.4, -0.2) is 111 Å². The van der Waals surface area contributed by atoms with Gasteiger partial charge < -0.3 is 31.1 Å². The minimum atomic E-state index is -0.851. The van der Waals surface area contributed by atoms with Gasteiger partial charge in [0.1, 0.15) is 18.5 Å². The molecule has 29 heavy (non-hydrogen) atoms. The van der Waals surface area contributed by atoms with Gasteiger partial charge in [0.25, 0.3) is 0 Å². The van der Waals surface area contributed by atoms with Crippen molar-refractivity contribution in [2.45, 2.75) is 18.5 Å². The van der Waals surface area contributed by atoms with E-state index < -0.39 is 30.3 Å². The van der Waals surface area contributed by atoms with Crippen LogP contribution in [0, 0.1) is 0 Å². The number of hydrogen-bond donors (Lipinski definition) is 6. The molecule has 2 unspecified atom stereocenters. The SMILES string of the molecule is CN(C)CCNC(=O)C(CS)NC(=O)CC(=O)NC(CS)C(=O)NCCN(C)C. The van der Waals surface area contributed by atoms with E-state index in [1.807, 2.05) is 38.0 Å². The average molecular weight is 451 g/mol. The van der Waals surface area contributed by atoms with Crippen LogP contribution in [-0.2, 0) is 19.2 Å². The van der Waals surface area contributed by atoms with Gasteiger partial charge in [0, 0.05) is 37.7 Å². The van der Waals surface area contributed by atoms with E-state index in [2.05, 4.69) is 46.5 Å². The van der Waals surface area contributed by atoms with E-state index >= 15 is 0 Å². The van der Waals surface area contributed by atoms with Crippen molar-refractivity contribution in [2.75, 3.05) is 65.9 Å². The van der Waals surface area contributed by atoms with Crippen LogP contribution in [0.3, 0.4) is 0 Å². The fourth-order valence-corrected chi connectivity index (χ4v) is 2.59. The third-order valence-electron chi connectivity index (χ3n) is 3.71. The van der Waals surface area contributed by atoms with E-state index in [4.69, 9.17) is 0 Å². The van der Waals surface area contributed by atoms with Crippen LogP contribution in [0.15, 0.2) is 0 Å². The van der Waals surface area contributed by atoms with Crippen molar-refractivity contribution in [1.29, 1.82) is 0 Å². The van der Waals surface area contributed by atoms with E-state index in [1.54, 1.807) is 0 Å². The predicted molar refractivity (Wildman–Crippen MR) is 119 cm³/mol. The fraction of sp³-hybridized carbons (Fsp3) is 0.765. The lowest BCUT2D eigenvalue weighted by Gasteiger charge is -2.19. The number of rotatable bonds is 14. The molecule has 0 aromatic carbocycles. The molecule has 0 bridgehead atoms. The van der Waals surface area contributed by atoms with Crippen LogP contribution in [0.2, 0.25) is 0 Å². The summed E-state index contributed by atoms with van der Waals surface area (Å²) < 4.78 is 0. The van der Waals surface area contributed by atoms with Crippen molar-refractivity contribution < 1.29 is 19.2 Å². The van der Waals surface area contributed by atoms with Gasteiger partial charge in [-0.2, -0.15) is 25.3 Å². The topological polar surface area (TPSA) is 123 Å². The van der Waals surface area contributed by atoms with Gasteiger partial charge >= 0.3 is 0 Å². The van der Waals surface area contributed by atoms with Crippen LogP contribution < -0.4 is 21.3 Å².